The van der Waals surface area contributed by atoms with Crippen molar-refractivity contribution in [1.29, 1.82) is 0 Å². The molecule has 0 radical (unpaired) electrons. The molecule has 50 valence electrons. The molecule has 2 nitrogen and oxygen atoms in total. The van der Waals surface area contributed by atoms with Gasteiger partial charge in [0.2, 0.25) is 0 Å². The van der Waals surface area contributed by atoms with Crippen molar-refractivity contribution in [3.8, 4) is 0 Å². The lowest BCUT2D eigenvalue weighted by Crippen LogP contribution is -2.30. The fourth-order valence-corrected chi connectivity index (χ4v) is 0.774. The van der Waals surface area contributed by atoms with E-state index in [1.54, 1.807) is 0 Å². The molecule has 0 heterocycles. The first kappa shape index (κ1) is 8.62. The SMILES string of the molecule is OC(O)(CS)CCS. The quantitative estimate of drug-likeness (QED) is 0.339. The van der Waals surface area contributed by atoms with Crippen LogP contribution in [0.15, 0.2) is 0 Å². The van der Waals surface area contributed by atoms with Crippen LogP contribution in [0.2, 0.25) is 0 Å². The number of thiol groups is 2. The molecular weight excluding hydrogens is 144 g/mol. The van der Waals surface area contributed by atoms with E-state index in [1.165, 1.54) is 0 Å². The Balaban J connectivity index is 3.37. The van der Waals surface area contributed by atoms with E-state index in [4.69, 9.17) is 10.2 Å². The highest BCUT2D eigenvalue weighted by molar-refractivity contribution is 7.80. The summed E-state index contributed by atoms with van der Waals surface area (Å²) in [6, 6.07) is 0. The highest BCUT2D eigenvalue weighted by Gasteiger charge is 2.18. The van der Waals surface area contributed by atoms with Gasteiger partial charge in [0.25, 0.3) is 0 Å². The Labute approximate surface area is 59.7 Å². The minimum absolute atomic E-state index is 0.0631. The molecule has 0 aromatic heterocycles. The predicted octanol–water partition coefficient (Wildman–Crippen LogP) is -0.0830. The van der Waals surface area contributed by atoms with Crippen LogP contribution in [0.1, 0.15) is 6.42 Å². The molecule has 0 spiro atoms. The van der Waals surface area contributed by atoms with Crippen LogP contribution >= 0.6 is 25.3 Å². The largest absolute Gasteiger partial charge is 0.365 e. The van der Waals surface area contributed by atoms with E-state index in [0.717, 1.165) is 0 Å². The fraction of sp³-hybridized carbons (Fsp3) is 1.00. The van der Waals surface area contributed by atoms with Crippen molar-refractivity contribution in [1.82, 2.24) is 0 Å². The minimum atomic E-state index is -1.62. The Kier molecular flexibility index (Phi) is 3.89. The van der Waals surface area contributed by atoms with Crippen LogP contribution in [0.3, 0.4) is 0 Å². The summed E-state index contributed by atoms with van der Waals surface area (Å²) >= 11 is 7.52. The van der Waals surface area contributed by atoms with E-state index in [0.29, 0.717) is 5.75 Å². The summed E-state index contributed by atoms with van der Waals surface area (Å²) in [5.74, 6) is -1.09. The topological polar surface area (TPSA) is 40.5 Å². The lowest BCUT2D eigenvalue weighted by Gasteiger charge is -2.16. The van der Waals surface area contributed by atoms with Crippen LogP contribution < -0.4 is 0 Å². The van der Waals surface area contributed by atoms with Crippen LogP contribution in [0.4, 0.5) is 0 Å². The second kappa shape index (κ2) is 3.61. The second-order valence-electron chi connectivity index (χ2n) is 1.61. The molecule has 0 aliphatic carbocycles. The highest BCUT2D eigenvalue weighted by atomic mass is 32.1. The average molecular weight is 154 g/mol. The summed E-state index contributed by atoms with van der Waals surface area (Å²) in [4.78, 5) is 0. The number of hydrogen-bond donors (Lipinski definition) is 4. The first-order chi connectivity index (χ1) is 3.62. The van der Waals surface area contributed by atoms with E-state index in [1.807, 2.05) is 0 Å². The molecule has 2 N–H and O–H groups in total. The maximum absolute atomic E-state index is 8.75. The van der Waals surface area contributed by atoms with Gasteiger partial charge in [-0.1, -0.05) is 0 Å². The molecule has 0 amide bonds. The molecular formula is C4H10O2S2. The molecule has 0 atom stereocenters. The second-order valence-corrected chi connectivity index (χ2v) is 2.38. The molecule has 0 bridgehead atoms. The standard InChI is InChI=1S/C4H10O2S2/c5-4(6,3-8)1-2-7/h5-8H,1-3H2. The molecule has 0 unspecified atom stereocenters. The van der Waals surface area contributed by atoms with Crippen molar-refractivity contribution in [3.05, 3.63) is 0 Å². The van der Waals surface area contributed by atoms with E-state index >= 15 is 0 Å². The van der Waals surface area contributed by atoms with Crippen LogP contribution in [-0.4, -0.2) is 27.5 Å². The maximum Gasteiger partial charge on any atom is 0.172 e. The molecule has 0 aromatic carbocycles. The molecule has 0 aliphatic rings. The lowest BCUT2D eigenvalue weighted by atomic mass is 10.2. The maximum atomic E-state index is 8.75. The van der Waals surface area contributed by atoms with Gasteiger partial charge in [-0.3, -0.25) is 0 Å². The Morgan fingerprint density at radius 1 is 1.25 bits per heavy atom. The number of rotatable bonds is 3. The Morgan fingerprint density at radius 3 is 1.88 bits per heavy atom. The van der Waals surface area contributed by atoms with Gasteiger partial charge in [0, 0.05) is 12.2 Å². The zero-order valence-corrected chi connectivity index (χ0v) is 6.20. The molecule has 0 aliphatic heterocycles. The van der Waals surface area contributed by atoms with Crippen LogP contribution in [0, 0.1) is 0 Å². The zero-order chi connectivity index (χ0) is 6.62. The van der Waals surface area contributed by atoms with Crippen molar-refractivity contribution in [2.75, 3.05) is 11.5 Å². The first-order valence-corrected chi connectivity index (χ1v) is 3.55. The fourth-order valence-electron chi connectivity index (χ4n) is 0.258. The van der Waals surface area contributed by atoms with E-state index in [9.17, 15) is 0 Å². The molecule has 0 fully saturated rings. The Morgan fingerprint density at radius 2 is 1.75 bits per heavy atom. The summed E-state index contributed by atoms with van der Waals surface area (Å²) < 4.78 is 0. The van der Waals surface area contributed by atoms with Gasteiger partial charge < -0.3 is 10.2 Å². The predicted molar refractivity (Wildman–Crippen MR) is 39.5 cm³/mol. The lowest BCUT2D eigenvalue weighted by molar-refractivity contribution is -0.140. The smallest absolute Gasteiger partial charge is 0.172 e. The van der Waals surface area contributed by atoms with E-state index < -0.39 is 5.79 Å². The minimum Gasteiger partial charge on any atom is -0.365 e. The van der Waals surface area contributed by atoms with Crippen LogP contribution in [0.25, 0.3) is 0 Å². The van der Waals surface area contributed by atoms with Crippen molar-refractivity contribution < 1.29 is 10.2 Å². The highest BCUT2D eigenvalue weighted by Crippen LogP contribution is 2.07. The summed E-state index contributed by atoms with van der Waals surface area (Å²) in [5, 5.41) is 17.5. The third-order valence-electron chi connectivity index (χ3n) is 0.765. The molecule has 0 aromatic rings. The molecule has 4 heteroatoms. The first-order valence-electron chi connectivity index (χ1n) is 2.29. The number of hydrogen-bond acceptors (Lipinski definition) is 4. The van der Waals surface area contributed by atoms with Gasteiger partial charge in [0.15, 0.2) is 5.79 Å². The van der Waals surface area contributed by atoms with Crippen LogP contribution in [0.5, 0.6) is 0 Å². The van der Waals surface area contributed by atoms with Crippen molar-refractivity contribution in [2.24, 2.45) is 0 Å². The molecule has 0 rings (SSSR count). The molecule has 0 saturated carbocycles. The van der Waals surface area contributed by atoms with Gasteiger partial charge in [-0.05, 0) is 5.75 Å². The summed E-state index contributed by atoms with van der Waals surface area (Å²) in [6.07, 6.45) is 0.264. The van der Waals surface area contributed by atoms with Gasteiger partial charge >= 0.3 is 0 Å². The summed E-state index contributed by atoms with van der Waals surface area (Å²) in [6.45, 7) is 0. The average Bonchev–Trinajstić information content (AvgIpc) is 1.67. The zero-order valence-electron chi connectivity index (χ0n) is 4.41. The van der Waals surface area contributed by atoms with E-state index in [-0.39, 0.29) is 12.2 Å². The van der Waals surface area contributed by atoms with Gasteiger partial charge in [-0.2, -0.15) is 25.3 Å². The van der Waals surface area contributed by atoms with Crippen molar-refractivity contribution in [2.45, 2.75) is 12.2 Å². The summed E-state index contributed by atoms with van der Waals surface area (Å²) in [5.41, 5.74) is 0. The molecule has 0 saturated heterocycles. The van der Waals surface area contributed by atoms with Crippen molar-refractivity contribution >= 4 is 25.3 Å². The number of aliphatic hydroxyl groups is 2. The van der Waals surface area contributed by atoms with Crippen LogP contribution in [-0.2, 0) is 0 Å². The third kappa shape index (κ3) is 3.60. The Hall–Kier alpha value is 0.620. The van der Waals surface area contributed by atoms with E-state index in [2.05, 4.69) is 25.3 Å². The Bertz CT molecular complexity index is 65.1. The van der Waals surface area contributed by atoms with Gasteiger partial charge in [0.1, 0.15) is 0 Å². The third-order valence-corrected chi connectivity index (χ3v) is 1.50. The molecule has 8 heavy (non-hydrogen) atoms. The summed E-state index contributed by atoms with van der Waals surface area (Å²) in [7, 11) is 0. The van der Waals surface area contributed by atoms with Gasteiger partial charge in [0.05, 0.1) is 0 Å². The monoisotopic (exact) mass is 154 g/mol. The van der Waals surface area contributed by atoms with Crippen molar-refractivity contribution in [3.63, 3.8) is 0 Å². The van der Waals surface area contributed by atoms with Gasteiger partial charge in [-0.25, -0.2) is 0 Å². The van der Waals surface area contributed by atoms with Gasteiger partial charge in [-0.15, -0.1) is 0 Å². The normalized spacial score (nSPS) is 12.0.